The molecule has 2 aromatic rings. The summed E-state index contributed by atoms with van der Waals surface area (Å²) in [4.78, 5) is 14.6. The second-order valence-corrected chi connectivity index (χ2v) is 7.23. The molecule has 152 valence electrons. The summed E-state index contributed by atoms with van der Waals surface area (Å²) in [5, 5.41) is 3.46. The van der Waals surface area contributed by atoms with Crippen LogP contribution in [0.1, 0.15) is 45.4 Å². The van der Waals surface area contributed by atoms with Gasteiger partial charge in [-0.15, -0.1) is 0 Å². The summed E-state index contributed by atoms with van der Waals surface area (Å²) in [6, 6.07) is 16.8. The molecule has 2 aromatic carbocycles. The van der Waals surface area contributed by atoms with Gasteiger partial charge in [0.05, 0.1) is 17.3 Å². The Kier molecular flexibility index (Phi) is 10.3. The van der Waals surface area contributed by atoms with Crippen molar-refractivity contribution in [2.24, 2.45) is 0 Å². The number of para-hydroxylation sites is 2. The number of carbonyl (C=O) groups excluding carboxylic acids is 1. The molecule has 0 aliphatic rings. The lowest BCUT2D eigenvalue weighted by molar-refractivity contribution is 0.193. The number of nitrogens with zero attached hydrogens (tertiary/aromatic N) is 1. The van der Waals surface area contributed by atoms with Crippen LogP contribution < -0.4 is 10.1 Å². The van der Waals surface area contributed by atoms with E-state index >= 15 is 0 Å². The quantitative estimate of drug-likeness (QED) is 0.405. The second kappa shape index (κ2) is 13.1. The van der Waals surface area contributed by atoms with E-state index < -0.39 is 0 Å². The molecule has 5 heteroatoms. The van der Waals surface area contributed by atoms with Gasteiger partial charge in [0.25, 0.3) is 0 Å². The number of hydrogen-bond acceptors (Lipinski definition) is 2. The second-order valence-electron chi connectivity index (χ2n) is 6.83. The molecule has 0 fully saturated rings. The average Bonchev–Trinajstić information content (AvgIpc) is 2.71. The first-order chi connectivity index (χ1) is 13.7. The molecule has 2 amide bonds. The minimum absolute atomic E-state index is 0.140. The van der Waals surface area contributed by atoms with Gasteiger partial charge in [-0.3, -0.25) is 0 Å². The van der Waals surface area contributed by atoms with Crippen molar-refractivity contribution >= 4 is 23.3 Å². The molecule has 0 saturated carbocycles. The molecule has 4 nitrogen and oxygen atoms in total. The lowest BCUT2D eigenvalue weighted by Gasteiger charge is -2.23. The van der Waals surface area contributed by atoms with E-state index in [1.54, 1.807) is 6.07 Å². The third kappa shape index (κ3) is 8.22. The summed E-state index contributed by atoms with van der Waals surface area (Å²) >= 11 is 6.17. The van der Waals surface area contributed by atoms with Gasteiger partial charge in [0.2, 0.25) is 0 Å². The van der Waals surface area contributed by atoms with Crippen LogP contribution in [0.4, 0.5) is 10.5 Å². The van der Waals surface area contributed by atoms with Crippen molar-refractivity contribution < 1.29 is 9.53 Å². The highest BCUT2D eigenvalue weighted by Gasteiger charge is 2.14. The Hall–Kier alpha value is -2.20. The zero-order chi connectivity index (χ0) is 20.0. The third-order valence-corrected chi connectivity index (χ3v) is 4.89. The first kappa shape index (κ1) is 22.1. The van der Waals surface area contributed by atoms with E-state index in [9.17, 15) is 4.79 Å². The molecule has 0 unspecified atom stereocenters. The monoisotopic (exact) mass is 402 g/mol. The highest BCUT2D eigenvalue weighted by atomic mass is 35.5. The molecule has 2 rings (SSSR count). The van der Waals surface area contributed by atoms with Crippen molar-refractivity contribution in [3.05, 3.63) is 59.6 Å². The van der Waals surface area contributed by atoms with E-state index in [1.165, 1.54) is 25.7 Å². The van der Waals surface area contributed by atoms with Crippen LogP contribution >= 0.6 is 11.6 Å². The van der Waals surface area contributed by atoms with Crippen LogP contribution in [-0.4, -0.2) is 30.6 Å². The standard InChI is InChI=1S/C23H31ClN2O2/c1-2-3-4-5-6-12-17-26(18-19-28-20-13-8-7-9-14-20)23(27)25-22-16-11-10-15-21(22)24/h7-11,13-16H,2-6,12,17-19H2,1H3,(H,25,27). The predicted octanol–water partition coefficient (Wildman–Crippen LogP) is 6.61. The van der Waals surface area contributed by atoms with Crippen LogP contribution in [0.3, 0.4) is 0 Å². The van der Waals surface area contributed by atoms with E-state index in [0.29, 0.717) is 30.4 Å². The fourth-order valence-corrected chi connectivity index (χ4v) is 3.13. The van der Waals surface area contributed by atoms with Crippen molar-refractivity contribution in [2.45, 2.75) is 45.4 Å². The van der Waals surface area contributed by atoms with Gasteiger partial charge in [0, 0.05) is 6.54 Å². The zero-order valence-electron chi connectivity index (χ0n) is 16.7. The Labute approximate surface area is 173 Å². The van der Waals surface area contributed by atoms with E-state index in [-0.39, 0.29) is 6.03 Å². The normalized spacial score (nSPS) is 10.5. The van der Waals surface area contributed by atoms with Gasteiger partial charge in [0.15, 0.2) is 0 Å². The summed E-state index contributed by atoms with van der Waals surface area (Å²) in [5.74, 6) is 0.813. The number of rotatable bonds is 12. The molecule has 0 aliphatic heterocycles. The maximum Gasteiger partial charge on any atom is 0.322 e. The molecule has 0 saturated heterocycles. The molecule has 0 aliphatic carbocycles. The van der Waals surface area contributed by atoms with Crippen LogP contribution in [0.25, 0.3) is 0 Å². The van der Waals surface area contributed by atoms with Gasteiger partial charge in [-0.05, 0) is 30.7 Å². The first-order valence-electron chi connectivity index (χ1n) is 10.2. The molecule has 0 bridgehead atoms. The molecule has 0 heterocycles. The van der Waals surface area contributed by atoms with Crippen molar-refractivity contribution in [1.82, 2.24) is 4.90 Å². The van der Waals surface area contributed by atoms with Crippen LogP contribution in [0.2, 0.25) is 5.02 Å². The Balaban J connectivity index is 1.86. The maximum absolute atomic E-state index is 12.8. The number of amides is 2. The zero-order valence-corrected chi connectivity index (χ0v) is 17.5. The van der Waals surface area contributed by atoms with Gasteiger partial charge in [-0.1, -0.05) is 81.0 Å². The van der Waals surface area contributed by atoms with Gasteiger partial charge >= 0.3 is 6.03 Å². The number of urea groups is 1. The fourth-order valence-electron chi connectivity index (χ4n) is 2.95. The first-order valence-corrected chi connectivity index (χ1v) is 10.6. The van der Waals surface area contributed by atoms with Crippen LogP contribution in [0, 0.1) is 0 Å². The number of benzene rings is 2. The van der Waals surface area contributed by atoms with Crippen LogP contribution in [0.15, 0.2) is 54.6 Å². The van der Waals surface area contributed by atoms with Crippen LogP contribution in [-0.2, 0) is 0 Å². The molecule has 0 aromatic heterocycles. The minimum atomic E-state index is -0.140. The Morgan fingerprint density at radius 1 is 0.929 bits per heavy atom. The molecule has 0 spiro atoms. The molecule has 0 atom stereocenters. The minimum Gasteiger partial charge on any atom is -0.492 e. The van der Waals surface area contributed by atoms with E-state index in [1.807, 2.05) is 53.4 Å². The summed E-state index contributed by atoms with van der Waals surface area (Å²) < 4.78 is 5.77. The molecule has 28 heavy (non-hydrogen) atoms. The summed E-state index contributed by atoms with van der Waals surface area (Å²) in [7, 11) is 0. The van der Waals surface area contributed by atoms with E-state index in [4.69, 9.17) is 16.3 Å². The number of hydrogen-bond donors (Lipinski definition) is 1. The van der Waals surface area contributed by atoms with Crippen molar-refractivity contribution in [2.75, 3.05) is 25.0 Å². The fraction of sp³-hybridized carbons (Fsp3) is 0.435. The summed E-state index contributed by atoms with van der Waals surface area (Å²) in [6.45, 7) is 3.91. The highest BCUT2D eigenvalue weighted by molar-refractivity contribution is 6.33. The van der Waals surface area contributed by atoms with Crippen molar-refractivity contribution in [1.29, 1.82) is 0 Å². The maximum atomic E-state index is 12.8. The van der Waals surface area contributed by atoms with Gasteiger partial charge in [-0.2, -0.15) is 0 Å². The number of halogens is 1. The van der Waals surface area contributed by atoms with Gasteiger partial charge < -0.3 is 15.0 Å². The number of nitrogens with one attached hydrogen (secondary N) is 1. The number of carbonyl (C=O) groups is 1. The smallest absolute Gasteiger partial charge is 0.322 e. The lowest BCUT2D eigenvalue weighted by Crippen LogP contribution is -2.38. The third-order valence-electron chi connectivity index (χ3n) is 4.56. The van der Waals surface area contributed by atoms with Gasteiger partial charge in [0.1, 0.15) is 12.4 Å². The number of anilines is 1. The molecular formula is C23H31ClN2O2. The summed E-state index contributed by atoms with van der Waals surface area (Å²) in [6.07, 6.45) is 7.12. The van der Waals surface area contributed by atoms with Crippen LogP contribution in [0.5, 0.6) is 5.75 Å². The SMILES string of the molecule is CCCCCCCCN(CCOc1ccccc1)C(=O)Nc1ccccc1Cl. The molecule has 0 radical (unpaired) electrons. The Bertz CT molecular complexity index is 694. The number of unbranched alkanes of at least 4 members (excludes halogenated alkanes) is 5. The Morgan fingerprint density at radius 2 is 1.61 bits per heavy atom. The molecular weight excluding hydrogens is 372 g/mol. The van der Waals surface area contributed by atoms with Crippen molar-refractivity contribution in [3.63, 3.8) is 0 Å². The lowest BCUT2D eigenvalue weighted by atomic mass is 10.1. The highest BCUT2D eigenvalue weighted by Crippen LogP contribution is 2.21. The average molecular weight is 403 g/mol. The largest absolute Gasteiger partial charge is 0.492 e. The predicted molar refractivity (Wildman–Crippen MR) is 117 cm³/mol. The molecule has 1 N–H and O–H groups in total. The Morgan fingerprint density at radius 3 is 2.36 bits per heavy atom. The van der Waals surface area contributed by atoms with E-state index in [0.717, 1.165) is 18.6 Å². The van der Waals surface area contributed by atoms with Crippen molar-refractivity contribution in [3.8, 4) is 5.75 Å². The number of ether oxygens (including phenoxy) is 1. The topological polar surface area (TPSA) is 41.6 Å². The summed E-state index contributed by atoms with van der Waals surface area (Å²) in [5.41, 5.74) is 0.631. The van der Waals surface area contributed by atoms with E-state index in [2.05, 4.69) is 12.2 Å². The van der Waals surface area contributed by atoms with Gasteiger partial charge in [-0.25, -0.2) is 4.79 Å².